The number of hydrogen-bond acceptors (Lipinski definition) is 5. The number of nitrogens with zero attached hydrogens (tertiary/aromatic N) is 1. The van der Waals surface area contributed by atoms with Gasteiger partial charge in [-0.25, -0.2) is 4.98 Å². The van der Waals surface area contributed by atoms with E-state index in [0.717, 1.165) is 11.3 Å². The van der Waals surface area contributed by atoms with Crippen molar-refractivity contribution in [3.8, 4) is 0 Å². The summed E-state index contributed by atoms with van der Waals surface area (Å²) in [6, 6.07) is 2.14. The molecule has 2 aromatic heterocycles. The highest BCUT2D eigenvalue weighted by atomic mass is 32.1. The molecule has 1 aliphatic rings. The molecule has 0 aromatic carbocycles. The summed E-state index contributed by atoms with van der Waals surface area (Å²) in [6.07, 6.45) is -10.6. The Kier molecular flexibility index (Phi) is 5.96. The number of aliphatic hydroxyl groups excluding tert-OH is 1. The van der Waals surface area contributed by atoms with Gasteiger partial charge in [0.25, 0.3) is 0 Å². The second kappa shape index (κ2) is 8.03. The van der Waals surface area contributed by atoms with Gasteiger partial charge in [-0.05, 0) is 35.9 Å². The predicted octanol–water partition coefficient (Wildman–Crippen LogP) is 3.80. The van der Waals surface area contributed by atoms with Gasteiger partial charge >= 0.3 is 12.4 Å². The Bertz CT molecular complexity index is 1090. The Morgan fingerprint density at radius 3 is 2.57 bits per heavy atom. The summed E-state index contributed by atoms with van der Waals surface area (Å²) < 4.78 is 79.9. The second-order valence-corrected chi connectivity index (χ2v) is 7.61. The first-order chi connectivity index (χ1) is 13.9. The van der Waals surface area contributed by atoms with Crippen LogP contribution in [0.5, 0.6) is 0 Å². The van der Waals surface area contributed by atoms with Crippen LogP contribution in [0.3, 0.4) is 0 Å². The zero-order valence-electron chi connectivity index (χ0n) is 15.5. The maximum atomic E-state index is 13.4. The topological polar surface area (TPSA) is 62.2 Å². The number of hydrogen-bond donors (Lipinski definition) is 2. The van der Waals surface area contributed by atoms with E-state index in [9.17, 15) is 36.2 Å². The van der Waals surface area contributed by atoms with Gasteiger partial charge in [0.05, 0.1) is 27.6 Å². The molecule has 2 heterocycles. The van der Waals surface area contributed by atoms with Crippen molar-refractivity contribution in [3.05, 3.63) is 44.2 Å². The van der Waals surface area contributed by atoms with Gasteiger partial charge < -0.3 is 10.4 Å². The van der Waals surface area contributed by atoms with Crippen LogP contribution in [0.15, 0.2) is 17.5 Å². The molecule has 1 aliphatic carbocycles. The lowest BCUT2D eigenvalue weighted by Crippen LogP contribution is -2.42. The van der Waals surface area contributed by atoms with Crippen LogP contribution < -0.4 is 15.9 Å². The normalized spacial score (nSPS) is 15.4. The van der Waals surface area contributed by atoms with Crippen molar-refractivity contribution in [2.75, 3.05) is 11.9 Å². The van der Waals surface area contributed by atoms with Crippen molar-refractivity contribution >= 4 is 34.5 Å². The summed E-state index contributed by atoms with van der Waals surface area (Å²) in [7, 11) is 0. The number of pyridine rings is 1. The van der Waals surface area contributed by atoms with Crippen molar-refractivity contribution in [2.24, 2.45) is 0 Å². The van der Waals surface area contributed by atoms with E-state index >= 15 is 0 Å². The predicted molar refractivity (Wildman–Crippen MR) is 99.4 cm³/mol. The smallest absolute Gasteiger partial charge is 0.387 e. The molecule has 0 bridgehead atoms. The number of rotatable bonds is 5. The maximum absolute atomic E-state index is 13.4. The van der Waals surface area contributed by atoms with E-state index < -0.39 is 41.5 Å². The minimum atomic E-state index is -4.99. The number of thiophene rings is 1. The van der Waals surface area contributed by atoms with Crippen LogP contribution in [-0.4, -0.2) is 28.6 Å². The third kappa shape index (κ3) is 4.51. The van der Waals surface area contributed by atoms with Crippen LogP contribution in [0.4, 0.5) is 32.0 Å². The third-order valence-electron chi connectivity index (χ3n) is 4.58. The number of carbonyl (C=O) groups excluding carboxylic acids is 1. The van der Waals surface area contributed by atoms with Gasteiger partial charge in [0.15, 0.2) is 5.78 Å². The highest BCUT2D eigenvalue weighted by molar-refractivity contribution is 7.12. The Hall–Kier alpha value is -2.40. The van der Waals surface area contributed by atoms with E-state index in [0.29, 0.717) is 16.6 Å². The molecular formula is C19H16F6N2O2S. The van der Waals surface area contributed by atoms with Crippen molar-refractivity contribution in [1.82, 2.24) is 4.98 Å². The number of halogens is 6. The lowest BCUT2D eigenvalue weighted by Gasteiger charge is -2.20. The zero-order valence-corrected chi connectivity index (χ0v) is 16.3. The number of anilines is 1. The summed E-state index contributed by atoms with van der Waals surface area (Å²) >= 11 is 1.15. The van der Waals surface area contributed by atoms with E-state index in [1.807, 2.05) is 0 Å². The van der Waals surface area contributed by atoms with Crippen LogP contribution in [0, 0.1) is 0 Å². The molecule has 0 amide bonds. The van der Waals surface area contributed by atoms with Crippen LogP contribution >= 0.6 is 11.3 Å². The standard InChI is InChI=1S/C19H16F6N2O2S/c1-9(28)17-13(5-6-30-17)26-8-14(29)11-7-15(19(23,24)25)27-16-10(11)3-2-4-12(16)18(20,21)22/h3,5-7,14,26,29H,2,4,8H2,1H3. The van der Waals surface area contributed by atoms with E-state index in [2.05, 4.69) is 10.3 Å². The Labute approximate surface area is 170 Å². The molecule has 0 saturated carbocycles. The Morgan fingerprint density at radius 2 is 1.97 bits per heavy atom. The van der Waals surface area contributed by atoms with Crippen LogP contribution in [-0.2, 0) is 6.18 Å². The molecule has 162 valence electrons. The fraction of sp³-hybridized carbons (Fsp3) is 0.368. The first-order valence-corrected chi connectivity index (χ1v) is 9.66. The van der Waals surface area contributed by atoms with Crippen LogP contribution in [0.1, 0.15) is 46.8 Å². The molecule has 3 rings (SSSR count). The molecule has 2 aromatic rings. The average molecular weight is 450 g/mol. The molecule has 0 radical (unpaired) electrons. The first-order valence-electron chi connectivity index (χ1n) is 8.78. The van der Waals surface area contributed by atoms with E-state index in [-0.39, 0.29) is 29.5 Å². The lowest BCUT2D eigenvalue weighted by atomic mass is 9.96. The molecule has 4 nitrogen and oxygen atoms in total. The average Bonchev–Trinajstić information content (AvgIpc) is 3.12. The molecule has 0 fully saturated rings. The SMILES string of the molecule is CC(=O)c1sccc1NCC(O)c1cc(C(F)(F)F)nc2c1=CCCC=2C(F)(F)F. The maximum Gasteiger partial charge on any atom is 0.433 e. The number of aliphatic hydroxyl groups is 1. The number of carbonyl (C=O) groups is 1. The number of ketones is 1. The molecule has 1 unspecified atom stereocenters. The summed E-state index contributed by atoms with van der Waals surface area (Å²) in [6.45, 7) is 1.03. The van der Waals surface area contributed by atoms with Gasteiger partial charge in [-0.1, -0.05) is 6.08 Å². The summed E-state index contributed by atoms with van der Waals surface area (Å²) in [5.41, 5.74) is -2.57. The third-order valence-corrected chi connectivity index (χ3v) is 5.60. The largest absolute Gasteiger partial charge is 0.433 e. The molecule has 0 saturated heterocycles. The van der Waals surface area contributed by atoms with Gasteiger partial charge in [-0.2, -0.15) is 26.3 Å². The van der Waals surface area contributed by atoms with Crippen molar-refractivity contribution < 1.29 is 36.2 Å². The minimum Gasteiger partial charge on any atom is -0.387 e. The highest BCUT2D eigenvalue weighted by Gasteiger charge is 2.38. The van der Waals surface area contributed by atoms with Gasteiger partial charge in [-0.15, -0.1) is 11.3 Å². The molecule has 0 spiro atoms. The number of fused-ring (bicyclic) bond motifs is 1. The number of aromatic nitrogens is 1. The summed E-state index contributed by atoms with van der Waals surface area (Å²) in [5, 5.41) is 14.0. The molecule has 2 N–H and O–H groups in total. The minimum absolute atomic E-state index is 0.0406. The summed E-state index contributed by atoms with van der Waals surface area (Å²) in [4.78, 5) is 15.2. The second-order valence-electron chi connectivity index (χ2n) is 6.69. The van der Waals surface area contributed by atoms with E-state index in [4.69, 9.17) is 0 Å². The Balaban J connectivity index is 2.08. The Morgan fingerprint density at radius 1 is 1.27 bits per heavy atom. The number of nitrogens with one attached hydrogen (secondary N) is 1. The molecule has 30 heavy (non-hydrogen) atoms. The fourth-order valence-corrected chi connectivity index (χ4v) is 4.01. The van der Waals surface area contributed by atoms with E-state index in [1.54, 1.807) is 11.4 Å². The first kappa shape index (κ1) is 22.3. The van der Waals surface area contributed by atoms with Gasteiger partial charge in [0.1, 0.15) is 5.69 Å². The fourth-order valence-electron chi connectivity index (χ4n) is 3.23. The number of alkyl halides is 6. The van der Waals surface area contributed by atoms with Gasteiger partial charge in [0.2, 0.25) is 0 Å². The van der Waals surface area contributed by atoms with E-state index in [1.165, 1.54) is 13.0 Å². The molecule has 11 heteroatoms. The van der Waals surface area contributed by atoms with Crippen molar-refractivity contribution in [3.63, 3.8) is 0 Å². The molecule has 1 atom stereocenters. The molecular weight excluding hydrogens is 434 g/mol. The lowest BCUT2D eigenvalue weighted by molar-refractivity contribution is -0.141. The molecule has 0 aliphatic heterocycles. The highest BCUT2D eigenvalue weighted by Crippen LogP contribution is 2.32. The quantitative estimate of drug-likeness (QED) is 0.538. The van der Waals surface area contributed by atoms with Gasteiger partial charge in [0, 0.05) is 18.7 Å². The van der Waals surface area contributed by atoms with Crippen LogP contribution in [0.25, 0.3) is 11.6 Å². The van der Waals surface area contributed by atoms with Crippen molar-refractivity contribution in [1.29, 1.82) is 0 Å². The number of Topliss-reactive ketones (excluding diaryl/α,β-unsaturated/α-hetero) is 1. The van der Waals surface area contributed by atoms with Crippen LogP contribution in [0.2, 0.25) is 0 Å². The summed E-state index contributed by atoms with van der Waals surface area (Å²) in [5.74, 6) is -0.236. The zero-order chi connectivity index (χ0) is 22.3. The van der Waals surface area contributed by atoms with Gasteiger partial charge in [-0.3, -0.25) is 4.79 Å². The van der Waals surface area contributed by atoms with Crippen molar-refractivity contribution in [2.45, 2.75) is 38.2 Å². The monoisotopic (exact) mass is 450 g/mol.